The molecule has 28 nitrogen and oxygen atoms in total. The van der Waals surface area contributed by atoms with Gasteiger partial charge < -0.3 is 0 Å². The van der Waals surface area contributed by atoms with Gasteiger partial charge >= 0.3 is 46.6 Å². The van der Waals surface area contributed by atoms with Gasteiger partial charge in [-0.2, -0.15) is 80.5 Å². The van der Waals surface area contributed by atoms with Gasteiger partial charge in [0.2, 0.25) is 0 Å². The first-order valence-corrected chi connectivity index (χ1v) is 46.3. The van der Waals surface area contributed by atoms with Gasteiger partial charge in [-0.15, -0.1) is 14.5 Å². The Morgan fingerprint density at radius 1 is 0.263 bits per heavy atom. The molecule has 0 unspecified atom stereocenters. The molecule has 0 aliphatic carbocycles. The Kier molecular flexibility index (Phi) is 35.2. The summed E-state index contributed by atoms with van der Waals surface area (Å²) in [5.74, 6) is 0. The first kappa shape index (κ1) is 91.7. The van der Waals surface area contributed by atoms with Crippen LogP contribution >= 0.6 is 10.7 Å². The van der Waals surface area contributed by atoms with E-state index in [1.165, 1.54) is 54.8 Å². The van der Waals surface area contributed by atoms with Crippen LogP contribution in [0.5, 0.6) is 0 Å². The number of sulfone groups is 3. The molecule has 0 atom stereocenters. The average molecular weight is 1600 g/mol. The molecule has 0 aliphatic heterocycles. The SMILES string of the molecule is CS(=O)(=O)OS(C)(=O)=O.CS(=O)(=O)OS(C)(=O)=O.CS(C)(=O)=O.CS(C)(=O)=O.Cc1ccc(S(=O)(=O)Cl)cc1.Cc1ccc(S(=O)(=O)OS(=O)(=O)c2ccc(C(F)(F)F)cc2)cc1.Cc1ccc(S(=O)(=O)OS(=O)(=O)c2ccc(C)cc2)cc1.Cc1ccc(S(C)(=O)=O)cc1. The molecule has 0 spiro atoms. The van der Waals surface area contributed by atoms with Crippen LogP contribution in [0.4, 0.5) is 13.2 Å². The van der Waals surface area contributed by atoms with Crippen molar-refractivity contribution in [3.63, 3.8) is 0 Å². The highest BCUT2D eigenvalue weighted by Crippen LogP contribution is 2.31. The van der Waals surface area contributed by atoms with Crippen molar-refractivity contribution in [1.82, 2.24) is 0 Å². The Hall–Kier alpha value is -5.36. The lowest BCUT2D eigenvalue weighted by molar-refractivity contribution is -0.137. The smallest absolute Gasteiger partial charge is 0.229 e. The van der Waals surface area contributed by atoms with E-state index in [2.05, 4.69) is 14.5 Å². The second-order valence-electron chi connectivity index (χ2n) is 19.5. The van der Waals surface area contributed by atoms with Gasteiger partial charge in [0, 0.05) is 42.0 Å². The highest BCUT2D eigenvalue weighted by molar-refractivity contribution is 8.13. The van der Waals surface area contributed by atoms with Gasteiger partial charge in [-0.05, 0) is 120 Å². The largest absolute Gasteiger partial charge is 0.416 e. The summed E-state index contributed by atoms with van der Waals surface area (Å²) in [7, 11) is -40.5. The molecule has 6 aromatic carbocycles. The fraction of sp³-hybridized carbons (Fsp3) is 0.294. The predicted molar refractivity (Wildman–Crippen MR) is 347 cm³/mol. The molecule has 0 heterocycles. The van der Waals surface area contributed by atoms with Gasteiger partial charge in [-0.25, -0.2) is 33.7 Å². The third-order valence-electron chi connectivity index (χ3n) is 9.00. The number of hydrogen-bond acceptors (Lipinski definition) is 28. The minimum Gasteiger partial charge on any atom is -0.229 e. The van der Waals surface area contributed by atoms with Crippen LogP contribution in [0, 0.1) is 34.6 Å². The number of rotatable bonds is 14. The van der Waals surface area contributed by atoms with Gasteiger partial charge in [0.1, 0.15) is 19.7 Å². The minimum absolute atomic E-state index is 0.143. The van der Waals surface area contributed by atoms with Crippen molar-refractivity contribution in [2.24, 2.45) is 0 Å². The molecular weight excluding hydrogens is 1540 g/mol. The van der Waals surface area contributed by atoms with E-state index in [-0.39, 0.29) is 19.6 Å². The molecule has 0 saturated carbocycles. The Morgan fingerprint density at radius 3 is 0.558 bits per heavy atom. The molecule has 0 bridgehead atoms. The Bertz CT molecular complexity index is 4650. The van der Waals surface area contributed by atoms with E-state index in [1.807, 2.05) is 13.8 Å². The lowest BCUT2D eigenvalue weighted by Crippen LogP contribution is -2.14. The van der Waals surface area contributed by atoms with Crippen LogP contribution in [0.2, 0.25) is 0 Å². The molecule has 0 aromatic heterocycles. The van der Waals surface area contributed by atoms with Crippen molar-refractivity contribution in [2.45, 2.75) is 70.2 Å². The van der Waals surface area contributed by atoms with Gasteiger partial charge in [-0.1, -0.05) is 88.5 Å². The van der Waals surface area contributed by atoms with Gasteiger partial charge in [-0.3, -0.25) is 0 Å². The van der Waals surface area contributed by atoms with Crippen LogP contribution in [0.15, 0.2) is 175 Å². The number of halogens is 4. The van der Waals surface area contributed by atoms with Crippen molar-refractivity contribution in [1.29, 1.82) is 0 Å². The van der Waals surface area contributed by atoms with Crippen LogP contribution in [0.3, 0.4) is 0 Å². The molecule has 538 valence electrons. The molecule has 0 amide bonds. The summed E-state index contributed by atoms with van der Waals surface area (Å²) < 4.78 is 311. The monoisotopic (exact) mass is 1600 g/mol. The van der Waals surface area contributed by atoms with Crippen molar-refractivity contribution >= 4 is 130 Å². The fourth-order valence-corrected chi connectivity index (χ4v) is 15.3. The third-order valence-corrected chi connectivity index (χ3v) is 21.7. The first-order chi connectivity index (χ1) is 42.0. The molecule has 6 rings (SSSR count). The topological polar surface area (TPSA) is 447 Å². The summed E-state index contributed by atoms with van der Waals surface area (Å²) in [6, 6.07) is 32.2. The molecule has 0 N–H and O–H groups in total. The summed E-state index contributed by atoms with van der Waals surface area (Å²) in [4.78, 5) is -0.977. The van der Waals surface area contributed by atoms with Crippen LogP contribution in [0.25, 0.3) is 0 Å². The number of alkyl halides is 3. The van der Waals surface area contributed by atoms with Crippen LogP contribution in [0.1, 0.15) is 33.4 Å². The Labute approximate surface area is 559 Å². The maximum Gasteiger partial charge on any atom is 0.416 e. The predicted octanol–water partition coefficient (Wildman–Crippen LogP) is 5.99. The van der Waals surface area contributed by atoms with Gasteiger partial charge in [0.15, 0.2) is 9.84 Å². The minimum atomic E-state index is -4.79. The van der Waals surface area contributed by atoms with Gasteiger partial charge in [0.25, 0.3) is 49.5 Å². The number of aryl methyl sites for hydroxylation is 5. The quantitative estimate of drug-likeness (QED) is 0.113. The van der Waals surface area contributed by atoms with Crippen molar-refractivity contribution in [3.05, 3.63) is 179 Å². The molecule has 6 aromatic rings. The third kappa shape index (κ3) is 45.7. The maximum absolute atomic E-state index is 12.5. The zero-order valence-corrected chi connectivity index (χ0v) is 62.8. The highest BCUT2D eigenvalue weighted by atomic mass is 35.7. The molecule has 0 saturated heterocycles. The standard InChI is InChI=1S/C14H11F3O5S2.C14H14O5S2.C8H10O2S.C7H7ClO2S.2C2H6O5S2.2C2H6O2S/c1-10-2-6-12(7-3-10)23(18,19)22-24(20,21)13-8-4-11(5-9-13)14(15,16)17;1-11-3-7-13(8-4-11)20(15,16)19-21(17,18)14-9-5-12(2)6-10-14;1-7-3-5-8(6-4-7)11(2,9)10;1-6-2-4-7(5-3-6)11(8,9)10;2*1-8(3,4)7-9(2,5)6;2*1-5(2,3)4/h2-9H,1H3;3-10H,1-2H3;3-6H,1-2H3;2-5H,1H3;2*1-2H3;2*1-2H3. The molecule has 95 heavy (non-hydrogen) atoms. The van der Waals surface area contributed by atoms with E-state index < -0.39 is 136 Å². The molecule has 0 radical (unpaired) electrons. The van der Waals surface area contributed by atoms with Crippen LogP contribution in [-0.2, 0) is 140 Å². The second-order valence-corrected chi connectivity index (χ2v) is 42.0. The van der Waals surface area contributed by atoms with Gasteiger partial charge in [0.05, 0.1) is 60.0 Å². The zero-order valence-electron chi connectivity index (χ0n) is 52.2. The van der Waals surface area contributed by atoms with E-state index in [4.69, 9.17) is 10.7 Å². The number of benzene rings is 6. The van der Waals surface area contributed by atoms with E-state index in [0.29, 0.717) is 54.2 Å². The van der Waals surface area contributed by atoms with Crippen LogP contribution in [-0.4, -0.2) is 157 Å². The first-order valence-electron chi connectivity index (χ1n) is 24.6. The molecule has 0 aliphatic rings. The summed E-state index contributed by atoms with van der Waals surface area (Å²) in [5, 5.41) is 0. The van der Waals surface area contributed by atoms with E-state index in [1.54, 1.807) is 81.4 Å². The zero-order chi connectivity index (χ0) is 75.2. The fourth-order valence-electron chi connectivity index (χ4n) is 5.25. The summed E-state index contributed by atoms with van der Waals surface area (Å²) in [6.07, 6.45) is 3.85. The van der Waals surface area contributed by atoms with E-state index >= 15 is 0 Å². The summed E-state index contributed by atoms with van der Waals surface area (Å²) in [6.45, 7) is 9.09. The van der Waals surface area contributed by atoms with E-state index in [0.717, 1.165) is 65.0 Å². The van der Waals surface area contributed by atoms with Crippen molar-refractivity contribution < 1.29 is 129 Å². The summed E-state index contributed by atoms with van der Waals surface area (Å²) >= 11 is 0. The lowest BCUT2D eigenvalue weighted by atomic mass is 10.2. The summed E-state index contributed by atoms with van der Waals surface area (Å²) in [5.41, 5.74) is 3.47. The average Bonchev–Trinajstić information content (AvgIpc) is 0.808. The van der Waals surface area contributed by atoms with E-state index in [9.17, 15) is 114 Å². The number of hydrogen-bond donors (Lipinski definition) is 0. The second kappa shape index (κ2) is 36.5. The molecule has 44 heteroatoms. The lowest BCUT2D eigenvalue weighted by Gasteiger charge is -2.09. The molecular formula is C51H66ClF3O28S12. The highest BCUT2D eigenvalue weighted by Gasteiger charge is 2.32. The normalized spacial score (nSPS) is 12.4. The van der Waals surface area contributed by atoms with Crippen molar-refractivity contribution in [2.75, 3.05) is 56.3 Å². The maximum atomic E-state index is 12.5. The molecule has 0 fully saturated rings. The van der Waals surface area contributed by atoms with Crippen molar-refractivity contribution in [3.8, 4) is 0 Å². The Balaban J connectivity index is 0. The Morgan fingerprint density at radius 2 is 0.421 bits per heavy atom. The van der Waals surface area contributed by atoms with Crippen LogP contribution < -0.4 is 0 Å².